The van der Waals surface area contributed by atoms with Crippen LogP contribution in [-0.2, 0) is 0 Å². The number of pyridine rings is 1. The van der Waals surface area contributed by atoms with Crippen LogP contribution in [0.2, 0.25) is 0 Å². The molecule has 0 saturated heterocycles. The van der Waals surface area contributed by atoms with Crippen LogP contribution in [0.25, 0.3) is 22.2 Å². The lowest BCUT2D eigenvalue weighted by Gasteiger charge is -2.11. The highest BCUT2D eigenvalue weighted by molar-refractivity contribution is 5.82. The highest BCUT2D eigenvalue weighted by Gasteiger charge is 2.12. The molecule has 0 N–H and O–H groups in total. The van der Waals surface area contributed by atoms with Crippen LogP contribution in [0.1, 0.15) is 25.7 Å². The number of aromatic nitrogens is 3. The Morgan fingerprint density at radius 3 is 2.70 bits per heavy atom. The van der Waals surface area contributed by atoms with Crippen LogP contribution in [0.3, 0.4) is 0 Å². The summed E-state index contributed by atoms with van der Waals surface area (Å²) in [4.78, 5) is 8.34. The molecule has 0 radical (unpaired) electrons. The molecule has 0 aliphatic carbocycles. The van der Waals surface area contributed by atoms with Gasteiger partial charge < -0.3 is 4.57 Å². The normalized spacial score (nSPS) is 11.4. The van der Waals surface area contributed by atoms with E-state index in [0.717, 1.165) is 22.4 Å². The molecule has 0 atom stereocenters. The summed E-state index contributed by atoms with van der Waals surface area (Å²) in [6, 6.07) is 7.85. The van der Waals surface area contributed by atoms with Gasteiger partial charge in [-0.1, -0.05) is 6.07 Å². The zero-order valence-corrected chi connectivity index (χ0v) is 11.8. The number of rotatable bonds is 2. The number of hydrogen-bond donors (Lipinski definition) is 0. The molecule has 2 heterocycles. The minimum absolute atomic E-state index is 0.306. The monoisotopic (exact) mass is 269 g/mol. The van der Waals surface area contributed by atoms with E-state index >= 15 is 0 Å². The summed E-state index contributed by atoms with van der Waals surface area (Å²) < 4.78 is 16.0. The largest absolute Gasteiger partial charge is 0.326 e. The van der Waals surface area contributed by atoms with E-state index in [1.807, 2.05) is 25.1 Å². The quantitative estimate of drug-likeness (QED) is 0.700. The lowest BCUT2D eigenvalue weighted by atomic mass is 10.1. The van der Waals surface area contributed by atoms with Crippen molar-refractivity contribution in [3.05, 3.63) is 48.3 Å². The van der Waals surface area contributed by atoms with Crippen LogP contribution in [-0.4, -0.2) is 14.5 Å². The van der Waals surface area contributed by atoms with E-state index in [-0.39, 0.29) is 5.82 Å². The van der Waals surface area contributed by atoms with Crippen molar-refractivity contribution in [1.82, 2.24) is 14.5 Å². The zero-order chi connectivity index (χ0) is 14.3. The Morgan fingerprint density at radius 2 is 2.00 bits per heavy atom. The maximum absolute atomic E-state index is 13.9. The van der Waals surface area contributed by atoms with Crippen LogP contribution >= 0.6 is 0 Å². The Kier molecular flexibility index (Phi) is 3.01. The first-order valence-electron chi connectivity index (χ1n) is 6.66. The Hall–Kier alpha value is -2.23. The molecule has 0 bridgehead atoms. The smallest absolute Gasteiger partial charge is 0.149 e. The van der Waals surface area contributed by atoms with Gasteiger partial charge >= 0.3 is 0 Å². The van der Waals surface area contributed by atoms with Gasteiger partial charge in [0.1, 0.15) is 11.6 Å². The van der Waals surface area contributed by atoms with Crippen LogP contribution in [0.4, 0.5) is 4.39 Å². The van der Waals surface area contributed by atoms with Crippen LogP contribution in [0.15, 0.2) is 36.7 Å². The summed E-state index contributed by atoms with van der Waals surface area (Å²) in [6.45, 7) is 6.23. The SMILES string of the molecule is Cc1nc2ccc(-c3ccncc3F)cc2n1C(C)C. The van der Waals surface area contributed by atoms with Gasteiger partial charge in [0.25, 0.3) is 0 Å². The van der Waals surface area contributed by atoms with E-state index in [1.54, 1.807) is 12.3 Å². The Balaban J connectivity index is 2.25. The standard InChI is InChI=1S/C16H16FN3/c1-10(2)20-11(3)19-15-5-4-12(8-16(15)20)13-6-7-18-9-14(13)17/h4-10H,1-3H3. The van der Waals surface area contributed by atoms with Gasteiger partial charge in [-0.3, -0.25) is 4.98 Å². The van der Waals surface area contributed by atoms with Crippen molar-refractivity contribution in [2.75, 3.05) is 0 Å². The second-order valence-corrected chi connectivity index (χ2v) is 5.18. The minimum Gasteiger partial charge on any atom is -0.326 e. The maximum atomic E-state index is 13.9. The third kappa shape index (κ3) is 1.97. The fourth-order valence-corrected chi connectivity index (χ4v) is 2.64. The van der Waals surface area contributed by atoms with Gasteiger partial charge in [-0.25, -0.2) is 9.37 Å². The lowest BCUT2D eigenvalue weighted by molar-refractivity contribution is 0.600. The summed E-state index contributed by atoms with van der Waals surface area (Å²) in [5.41, 5.74) is 3.39. The summed E-state index contributed by atoms with van der Waals surface area (Å²) in [5.74, 6) is 0.668. The van der Waals surface area contributed by atoms with Crippen molar-refractivity contribution in [2.24, 2.45) is 0 Å². The first-order chi connectivity index (χ1) is 9.58. The zero-order valence-electron chi connectivity index (χ0n) is 11.8. The van der Waals surface area contributed by atoms with Crippen molar-refractivity contribution < 1.29 is 4.39 Å². The van der Waals surface area contributed by atoms with Crippen molar-refractivity contribution in [3.8, 4) is 11.1 Å². The highest BCUT2D eigenvalue weighted by Crippen LogP contribution is 2.28. The van der Waals surface area contributed by atoms with Gasteiger partial charge in [-0.15, -0.1) is 0 Å². The summed E-state index contributed by atoms with van der Waals surface area (Å²) in [5, 5.41) is 0. The molecule has 0 aliphatic heterocycles. The molecule has 0 aliphatic rings. The van der Waals surface area contributed by atoms with E-state index in [2.05, 4.69) is 28.4 Å². The maximum Gasteiger partial charge on any atom is 0.149 e. The summed E-state index contributed by atoms with van der Waals surface area (Å²) >= 11 is 0. The van der Waals surface area contributed by atoms with Crippen LogP contribution in [0.5, 0.6) is 0 Å². The molecule has 1 aromatic carbocycles. The van der Waals surface area contributed by atoms with E-state index in [0.29, 0.717) is 11.6 Å². The number of halogens is 1. The molecular formula is C16H16FN3. The summed E-state index contributed by atoms with van der Waals surface area (Å²) in [7, 11) is 0. The van der Waals surface area contributed by atoms with Crippen molar-refractivity contribution in [3.63, 3.8) is 0 Å². The molecule has 3 aromatic rings. The average molecular weight is 269 g/mol. The second kappa shape index (κ2) is 4.71. The van der Waals surface area contributed by atoms with Crippen molar-refractivity contribution >= 4 is 11.0 Å². The predicted octanol–water partition coefficient (Wildman–Crippen LogP) is 4.13. The second-order valence-electron chi connectivity index (χ2n) is 5.18. The van der Waals surface area contributed by atoms with Crippen molar-refractivity contribution in [1.29, 1.82) is 0 Å². The molecule has 20 heavy (non-hydrogen) atoms. The van der Waals surface area contributed by atoms with Gasteiger partial charge in [0.05, 0.1) is 17.2 Å². The van der Waals surface area contributed by atoms with E-state index in [9.17, 15) is 4.39 Å². The van der Waals surface area contributed by atoms with Crippen LogP contribution in [0, 0.1) is 12.7 Å². The van der Waals surface area contributed by atoms with Gasteiger partial charge in [0.2, 0.25) is 0 Å². The predicted molar refractivity (Wildman–Crippen MR) is 78.0 cm³/mol. The number of benzene rings is 1. The minimum atomic E-state index is -0.306. The Bertz CT molecular complexity index is 774. The first kappa shape index (κ1) is 12.8. The van der Waals surface area contributed by atoms with Gasteiger partial charge in [0, 0.05) is 17.8 Å². The fraction of sp³-hybridized carbons (Fsp3) is 0.250. The van der Waals surface area contributed by atoms with E-state index < -0.39 is 0 Å². The lowest BCUT2D eigenvalue weighted by Crippen LogP contribution is -2.02. The van der Waals surface area contributed by atoms with E-state index in [1.165, 1.54) is 6.20 Å². The average Bonchev–Trinajstić information content (AvgIpc) is 2.74. The number of fused-ring (bicyclic) bond motifs is 1. The number of hydrogen-bond acceptors (Lipinski definition) is 2. The molecule has 0 fully saturated rings. The Morgan fingerprint density at radius 1 is 1.20 bits per heavy atom. The van der Waals surface area contributed by atoms with Gasteiger partial charge in [0.15, 0.2) is 0 Å². The molecule has 0 amide bonds. The van der Waals surface area contributed by atoms with Crippen molar-refractivity contribution in [2.45, 2.75) is 26.8 Å². The topological polar surface area (TPSA) is 30.7 Å². The molecule has 0 spiro atoms. The third-order valence-electron chi connectivity index (χ3n) is 3.47. The molecule has 0 saturated carbocycles. The van der Waals surface area contributed by atoms with Gasteiger partial charge in [-0.05, 0) is 44.5 Å². The molecule has 2 aromatic heterocycles. The molecule has 0 unspecified atom stereocenters. The summed E-state index contributed by atoms with van der Waals surface area (Å²) in [6.07, 6.45) is 2.85. The first-order valence-corrected chi connectivity index (χ1v) is 6.66. The molecule has 3 rings (SSSR count). The number of imidazole rings is 1. The number of aryl methyl sites for hydroxylation is 1. The fourth-order valence-electron chi connectivity index (χ4n) is 2.64. The molecular weight excluding hydrogens is 253 g/mol. The molecule has 3 nitrogen and oxygen atoms in total. The molecule has 102 valence electrons. The highest BCUT2D eigenvalue weighted by atomic mass is 19.1. The van der Waals surface area contributed by atoms with Crippen LogP contribution < -0.4 is 0 Å². The number of nitrogens with zero attached hydrogens (tertiary/aromatic N) is 3. The third-order valence-corrected chi connectivity index (χ3v) is 3.47. The molecule has 4 heteroatoms. The van der Waals surface area contributed by atoms with E-state index in [4.69, 9.17) is 0 Å². The Labute approximate surface area is 117 Å². The van der Waals surface area contributed by atoms with Gasteiger partial charge in [-0.2, -0.15) is 0 Å².